The maximum absolute atomic E-state index is 4.66. The summed E-state index contributed by atoms with van der Waals surface area (Å²) >= 11 is 0. The van der Waals surface area contributed by atoms with Crippen molar-refractivity contribution in [3.63, 3.8) is 0 Å². The molecule has 0 bridgehead atoms. The van der Waals surface area contributed by atoms with Crippen LogP contribution < -0.4 is 4.57 Å². The van der Waals surface area contributed by atoms with Crippen LogP contribution in [0.15, 0.2) is 60.9 Å². The number of fused-ring (bicyclic) bond motifs is 1. The number of benzene rings is 2. The zero-order valence-electron chi connectivity index (χ0n) is 20.7. The van der Waals surface area contributed by atoms with Crippen molar-refractivity contribution < 1.29 is 4.57 Å². The summed E-state index contributed by atoms with van der Waals surface area (Å²) in [5.74, 6) is 0.443. The highest BCUT2D eigenvalue weighted by Gasteiger charge is 2.22. The van der Waals surface area contributed by atoms with E-state index in [1.54, 1.807) is 0 Å². The molecule has 0 radical (unpaired) electrons. The molecule has 32 heavy (non-hydrogen) atoms. The van der Waals surface area contributed by atoms with Crippen molar-refractivity contribution in [3.8, 4) is 22.4 Å². The van der Waals surface area contributed by atoms with Gasteiger partial charge in [-0.05, 0) is 77.1 Å². The lowest BCUT2D eigenvalue weighted by Gasteiger charge is -2.22. The van der Waals surface area contributed by atoms with Crippen LogP contribution in [0.3, 0.4) is 0 Å². The molecule has 2 aromatic carbocycles. The minimum Gasteiger partial charge on any atom is -0.260 e. The Bertz CT molecular complexity index is 1290. The molecule has 2 heteroatoms. The smallest absolute Gasteiger partial charge is 0.220 e. The normalized spacial score (nSPS) is 12.0. The van der Waals surface area contributed by atoms with Crippen LogP contribution in [-0.2, 0) is 12.5 Å². The lowest BCUT2D eigenvalue weighted by atomic mass is 9.82. The van der Waals surface area contributed by atoms with Gasteiger partial charge in [0.25, 0.3) is 0 Å². The van der Waals surface area contributed by atoms with Gasteiger partial charge in [0.2, 0.25) is 5.69 Å². The molecule has 4 aromatic rings. The third-order valence-electron chi connectivity index (χ3n) is 6.64. The number of nitrogens with zero attached hydrogens (tertiary/aromatic N) is 2. The molecule has 0 N–H and O–H groups in total. The van der Waals surface area contributed by atoms with E-state index in [1.807, 2.05) is 6.20 Å². The van der Waals surface area contributed by atoms with E-state index in [0.717, 1.165) is 11.3 Å². The quantitative estimate of drug-likeness (QED) is 0.313. The van der Waals surface area contributed by atoms with Gasteiger partial charge in [0.15, 0.2) is 6.20 Å². The largest absolute Gasteiger partial charge is 0.260 e. The van der Waals surface area contributed by atoms with Crippen LogP contribution in [-0.4, -0.2) is 4.98 Å². The van der Waals surface area contributed by atoms with E-state index in [-0.39, 0.29) is 5.41 Å². The van der Waals surface area contributed by atoms with Crippen LogP contribution in [0.4, 0.5) is 0 Å². The Morgan fingerprint density at radius 3 is 2.22 bits per heavy atom. The number of rotatable bonds is 3. The van der Waals surface area contributed by atoms with Crippen molar-refractivity contribution in [1.82, 2.24) is 4.98 Å². The van der Waals surface area contributed by atoms with Gasteiger partial charge in [-0.15, -0.1) is 0 Å². The molecule has 0 unspecified atom stereocenters. The Hall–Kier alpha value is -3.00. The van der Waals surface area contributed by atoms with Crippen molar-refractivity contribution in [2.45, 2.75) is 59.8 Å². The van der Waals surface area contributed by atoms with E-state index >= 15 is 0 Å². The molecule has 0 fully saturated rings. The third-order valence-corrected chi connectivity index (χ3v) is 6.64. The van der Waals surface area contributed by atoms with Crippen LogP contribution in [0.5, 0.6) is 0 Å². The molecular formula is C30H35N2+. The molecule has 0 atom stereocenters. The predicted octanol–water partition coefficient (Wildman–Crippen LogP) is 7.43. The maximum Gasteiger partial charge on any atom is 0.220 e. The first-order valence-corrected chi connectivity index (χ1v) is 11.6. The molecule has 0 saturated carbocycles. The minimum atomic E-state index is 0.110. The second kappa shape index (κ2) is 8.16. The third kappa shape index (κ3) is 4.07. The van der Waals surface area contributed by atoms with E-state index in [0.29, 0.717) is 5.92 Å². The fourth-order valence-electron chi connectivity index (χ4n) is 4.34. The van der Waals surface area contributed by atoms with Gasteiger partial charge in [0, 0.05) is 23.5 Å². The minimum absolute atomic E-state index is 0.110. The van der Waals surface area contributed by atoms with Crippen molar-refractivity contribution in [1.29, 1.82) is 0 Å². The van der Waals surface area contributed by atoms with E-state index in [4.69, 9.17) is 0 Å². The maximum atomic E-state index is 4.66. The molecule has 4 rings (SSSR count). The van der Waals surface area contributed by atoms with Crippen LogP contribution in [0, 0.1) is 13.8 Å². The Morgan fingerprint density at radius 1 is 0.875 bits per heavy atom. The lowest BCUT2D eigenvalue weighted by Crippen LogP contribution is -2.31. The van der Waals surface area contributed by atoms with Gasteiger partial charge in [-0.1, -0.05) is 52.8 Å². The molecule has 0 aliphatic carbocycles. The molecule has 0 amide bonds. The Labute approximate surface area is 193 Å². The van der Waals surface area contributed by atoms with Crippen LogP contribution in [0.2, 0.25) is 0 Å². The first-order valence-electron chi connectivity index (χ1n) is 11.6. The van der Waals surface area contributed by atoms with Gasteiger partial charge in [0.05, 0.1) is 10.9 Å². The molecule has 0 saturated heterocycles. The summed E-state index contributed by atoms with van der Waals surface area (Å²) < 4.78 is 2.26. The topological polar surface area (TPSA) is 16.8 Å². The summed E-state index contributed by atoms with van der Waals surface area (Å²) in [5, 5.41) is 2.53. The monoisotopic (exact) mass is 423 g/mol. The first-order chi connectivity index (χ1) is 15.1. The lowest BCUT2D eigenvalue weighted by molar-refractivity contribution is -0.659. The van der Waals surface area contributed by atoms with Crippen molar-refractivity contribution >= 4 is 10.8 Å². The van der Waals surface area contributed by atoms with E-state index < -0.39 is 0 Å². The second-order valence-corrected chi connectivity index (χ2v) is 10.4. The fourth-order valence-corrected chi connectivity index (χ4v) is 4.34. The molecule has 2 heterocycles. The van der Waals surface area contributed by atoms with Crippen molar-refractivity contribution in [2.75, 3.05) is 0 Å². The van der Waals surface area contributed by atoms with E-state index in [2.05, 4.69) is 120 Å². The van der Waals surface area contributed by atoms with Crippen LogP contribution in [0.25, 0.3) is 33.2 Å². The zero-order valence-corrected chi connectivity index (χ0v) is 20.7. The average Bonchev–Trinajstić information content (AvgIpc) is 2.75. The summed E-state index contributed by atoms with van der Waals surface area (Å²) in [4.78, 5) is 4.66. The van der Waals surface area contributed by atoms with Gasteiger partial charge >= 0.3 is 0 Å². The Morgan fingerprint density at radius 2 is 1.59 bits per heavy atom. The number of pyridine rings is 2. The number of aromatic nitrogens is 2. The summed E-state index contributed by atoms with van der Waals surface area (Å²) in [6.07, 6.45) is 4.18. The SMILES string of the molecule is Cc1cc(C(C)(C)C)cc(-c2c3ccc(-c4ccc(C(C)C)nc4)cc3cc[n+]2C)c1C. The van der Waals surface area contributed by atoms with Gasteiger partial charge in [-0.25, -0.2) is 4.57 Å². The highest BCUT2D eigenvalue weighted by molar-refractivity contribution is 5.96. The van der Waals surface area contributed by atoms with E-state index in [9.17, 15) is 0 Å². The summed E-state index contributed by atoms with van der Waals surface area (Å²) in [7, 11) is 2.15. The van der Waals surface area contributed by atoms with Crippen LogP contribution >= 0.6 is 0 Å². The molecule has 0 spiro atoms. The summed E-state index contributed by atoms with van der Waals surface area (Å²) in [6, 6.07) is 18.1. The van der Waals surface area contributed by atoms with Crippen molar-refractivity contribution in [3.05, 3.63) is 83.3 Å². The second-order valence-electron chi connectivity index (χ2n) is 10.4. The molecule has 2 nitrogen and oxygen atoms in total. The molecular weight excluding hydrogens is 388 g/mol. The van der Waals surface area contributed by atoms with Gasteiger partial charge < -0.3 is 0 Å². The predicted molar refractivity (Wildman–Crippen MR) is 136 cm³/mol. The number of aryl methyl sites for hydroxylation is 2. The molecule has 164 valence electrons. The first kappa shape index (κ1) is 22.2. The van der Waals surface area contributed by atoms with Crippen LogP contribution in [0.1, 0.15) is 62.9 Å². The Kier molecular flexibility index (Phi) is 5.67. The van der Waals surface area contributed by atoms with Crippen molar-refractivity contribution in [2.24, 2.45) is 7.05 Å². The standard InChI is InChI=1S/C30H35N2/c1-19(2)28-12-10-24(18-31-28)22-9-11-26-23(16-22)13-14-32(8)29(26)27-17-25(30(5,6)7)15-20(3)21(27)4/h9-19H,1-8H3/q+1. The summed E-state index contributed by atoms with van der Waals surface area (Å²) in [6.45, 7) is 15.7. The number of hydrogen-bond donors (Lipinski definition) is 0. The summed E-state index contributed by atoms with van der Waals surface area (Å²) in [5.41, 5.74) is 10.3. The zero-order chi connectivity index (χ0) is 23.2. The number of hydrogen-bond acceptors (Lipinski definition) is 1. The highest BCUT2D eigenvalue weighted by atomic mass is 14.9. The van der Waals surface area contributed by atoms with E-state index in [1.165, 1.54) is 44.3 Å². The average molecular weight is 424 g/mol. The fraction of sp³-hybridized carbons (Fsp3) is 0.333. The van der Waals surface area contributed by atoms with Gasteiger partial charge in [-0.3, -0.25) is 4.98 Å². The van der Waals surface area contributed by atoms with Gasteiger partial charge in [0.1, 0.15) is 7.05 Å². The molecule has 0 aliphatic rings. The van der Waals surface area contributed by atoms with Gasteiger partial charge in [-0.2, -0.15) is 0 Å². The Balaban J connectivity index is 1.89. The highest BCUT2D eigenvalue weighted by Crippen LogP contribution is 2.35. The molecule has 2 aromatic heterocycles. The molecule has 0 aliphatic heterocycles.